The van der Waals surface area contributed by atoms with E-state index in [0.717, 1.165) is 5.56 Å². The third-order valence-corrected chi connectivity index (χ3v) is 3.82. The average molecular weight is 356 g/mol. The molecule has 0 fully saturated rings. The molecular formula is C18H30ClN3O2. The van der Waals surface area contributed by atoms with Gasteiger partial charge in [-0.05, 0) is 37.0 Å². The van der Waals surface area contributed by atoms with Crippen molar-refractivity contribution in [2.75, 3.05) is 5.32 Å². The normalized spacial score (nSPS) is 12.3. The van der Waals surface area contributed by atoms with Crippen molar-refractivity contribution in [2.45, 2.75) is 60.2 Å². The van der Waals surface area contributed by atoms with Gasteiger partial charge in [-0.2, -0.15) is 0 Å². The molecule has 1 aromatic rings. The first kappa shape index (κ1) is 22.4. The number of rotatable bonds is 5. The molecule has 1 atom stereocenters. The number of carbonyl (C=O) groups excluding carboxylic acids is 2. The Labute approximate surface area is 151 Å². The molecule has 3 N–H and O–H groups in total. The second kappa shape index (κ2) is 9.04. The van der Waals surface area contributed by atoms with Crippen molar-refractivity contribution >= 4 is 29.9 Å². The zero-order chi connectivity index (χ0) is 17.8. The summed E-state index contributed by atoms with van der Waals surface area (Å²) in [6, 6.07) is 7.07. The predicted octanol–water partition coefficient (Wildman–Crippen LogP) is 3.18. The smallest absolute Gasteiger partial charge is 0.241 e. The Morgan fingerprint density at radius 1 is 1.17 bits per heavy atom. The molecule has 24 heavy (non-hydrogen) atoms. The number of hydrogen-bond donors (Lipinski definition) is 2. The maximum absolute atomic E-state index is 12.1. The van der Waals surface area contributed by atoms with Crippen LogP contribution in [0.4, 0.5) is 5.69 Å². The van der Waals surface area contributed by atoms with Crippen LogP contribution in [0.1, 0.15) is 47.1 Å². The minimum Gasteiger partial charge on any atom is -0.336 e. The van der Waals surface area contributed by atoms with E-state index in [0.29, 0.717) is 12.2 Å². The van der Waals surface area contributed by atoms with E-state index in [4.69, 9.17) is 5.73 Å². The van der Waals surface area contributed by atoms with Crippen LogP contribution in [0.5, 0.6) is 0 Å². The molecule has 0 bridgehead atoms. The van der Waals surface area contributed by atoms with E-state index in [1.165, 1.54) is 0 Å². The molecule has 0 saturated carbocycles. The van der Waals surface area contributed by atoms with Crippen LogP contribution in [0.3, 0.4) is 0 Å². The standard InChI is InChI=1S/C18H29N3O2.ClH/c1-12(2)21(13(3)22)11-14-7-9-15(10-8-14)20-17(23)16(19)18(4,5)6;/h7-10,12,16H,11,19H2,1-6H3,(H,20,23);1H/t16-;/m1./s1. The van der Waals surface area contributed by atoms with Gasteiger partial charge in [-0.15, -0.1) is 12.4 Å². The molecule has 0 saturated heterocycles. The van der Waals surface area contributed by atoms with Gasteiger partial charge >= 0.3 is 0 Å². The Kier molecular flexibility index (Phi) is 8.44. The number of nitrogens with two attached hydrogens (primary N) is 1. The molecule has 2 amide bonds. The molecule has 0 spiro atoms. The molecule has 0 unspecified atom stereocenters. The molecule has 0 aliphatic carbocycles. The fourth-order valence-electron chi connectivity index (χ4n) is 2.16. The maximum Gasteiger partial charge on any atom is 0.241 e. The van der Waals surface area contributed by atoms with Crippen LogP contribution in [0.2, 0.25) is 0 Å². The first-order chi connectivity index (χ1) is 10.5. The summed E-state index contributed by atoms with van der Waals surface area (Å²) < 4.78 is 0. The molecule has 5 nitrogen and oxygen atoms in total. The summed E-state index contributed by atoms with van der Waals surface area (Å²) in [6.45, 7) is 11.9. The first-order valence-corrected chi connectivity index (χ1v) is 7.95. The van der Waals surface area contributed by atoms with Gasteiger partial charge in [0.25, 0.3) is 0 Å². The Hall–Kier alpha value is -1.59. The van der Waals surface area contributed by atoms with Gasteiger partial charge in [0.05, 0.1) is 6.04 Å². The largest absolute Gasteiger partial charge is 0.336 e. The third-order valence-electron chi connectivity index (χ3n) is 3.82. The zero-order valence-corrected chi connectivity index (χ0v) is 16.2. The predicted molar refractivity (Wildman–Crippen MR) is 101 cm³/mol. The monoisotopic (exact) mass is 355 g/mol. The number of nitrogens with one attached hydrogen (secondary N) is 1. The van der Waals surface area contributed by atoms with E-state index in [-0.39, 0.29) is 35.7 Å². The van der Waals surface area contributed by atoms with Crippen molar-refractivity contribution < 1.29 is 9.59 Å². The Bertz CT molecular complexity index is 550. The number of hydrogen-bond acceptors (Lipinski definition) is 3. The molecular weight excluding hydrogens is 326 g/mol. The third kappa shape index (κ3) is 6.49. The number of benzene rings is 1. The highest BCUT2D eigenvalue weighted by atomic mass is 35.5. The summed E-state index contributed by atoms with van der Waals surface area (Å²) in [7, 11) is 0. The first-order valence-electron chi connectivity index (χ1n) is 7.95. The van der Waals surface area contributed by atoms with Crippen LogP contribution in [0.25, 0.3) is 0 Å². The molecule has 0 aromatic heterocycles. The van der Waals surface area contributed by atoms with E-state index in [2.05, 4.69) is 5.32 Å². The van der Waals surface area contributed by atoms with Crippen LogP contribution in [-0.2, 0) is 16.1 Å². The number of halogens is 1. The summed E-state index contributed by atoms with van der Waals surface area (Å²) >= 11 is 0. The quantitative estimate of drug-likeness (QED) is 0.851. The van der Waals surface area contributed by atoms with E-state index in [1.54, 1.807) is 11.8 Å². The lowest BCUT2D eigenvalue weighted by molar-refractivity contribution is -0.131. The van der Waals surface area contributed by atoms with Crippen LogP contribution < -0.4 is 11.1 Å². The average Bonchev–Trinajstić information content (AvgIpc) is 2.43. The summed E-state index contributed by atoms with van der Waals surface area (Å²) in [5, 5.41) is 2.83. The summed E-state index contributed by atoms with van der Waals surface area (Å²) in [4.78, 5) is 25.5. The molecule has 6 heteroatoms. The minimum absolute atomic E-state index is 0. The maximum atomic E-state index is 12.1. The highest BCUT2D eigenvalue weighted by Crippen LogP contribution is 2.19. The van der Waals surface area contributed by atoms with E-state index in [1.807, 2.05) is 58.9 Å². The second-order valence-electron chi connectivity index (χ2n) is 7.27. The molecule has 136 valence electrons. The summed E-state index contributed by atoms with van der Waals surface area (Å²) in [5.41, 5.74) is 7.39. The van der Waals surface area contributed by atoms with Crippen molar-refractivity contribution in [1.29, 1.82) is 0 Å². The lowest BCUT2D eigenvalue weighted by Crippen LogP contribution is -2.45. The lowest BCUT2D eigenvalue weighted by atomic mass is 9.87. The Morgan fingerprint density at radius 2 is 1.67 bits per heavy atom. The van der Waals surface area contributed by atoms with Crippen molar-refractivity contribution in [3.05, 3.63) is 29.8 Å². The fourth-order valence-corrected chi connectivity index (χ4v) is 2.16. The van der Waals surface area contributed by atoms with Crippen molar-refractivity contribution in [2.24, 2.45) is 11.1 Å². The second-order valence-corrected chi connectivity index (χ2v) is 7.27. The molecule has 1 rings (SSSR count). The van der Waals surface area contributed by atoms with Gasteiger partial charge < -0.3 is 16.0 Å². The number of nitrogens with zero attached hydrogens (tertiary/aromatic N) is 1. The summed E-state index contributed by atoms with van der Waals surface area (Å²) in [6.07, 6.45) is 0. The highest BCUT2D eigenvalue weighted by Gasteiger charge is 2.27. The number of carbonyl (C=O) groups is 2. The van der Waals surface area contributed by atoms with Gasteiger partial charge in [0.2, 0.25) is 11.8 Å². The SMILES string of the molecule is CC(=O)N(Cc1ccc(NC(=O)[C@@H](N)C(C)(C)C)cc1)C(C)C.Cl. The molecule has 0 heterocycles. The van der Waals surface area contributed by atoms with Crippen LogP contribution in [0, 0.1) is 5.41 Å². The number of amides is 2. The van der Waals surface area contributed by atoms with Gasteiger partial charge in [0.1, 0.15) is 0 Å². The Morgan fingerprint density at radius 3 is 2.04 bits per heavy atom. The minimum atomic E-state index is -0.573. The highest BCUT2D eigenvalue weighted by molar-refractivity contribution is 5.95. The van der Waals surface area contributed by atoms with Gasteiger partial charge in [0.15, 0.2) is 0 Å². The van der Waals surface area contributed by atoms with Crippen LogP contribution in [0.15, 0.2) is 24.3 Å². The fraction of sp³-hybridized carbons (Fsp3) is 0.556. The van der Waals surface area contributed by atoms with E-state index < -0.39 is 6.04 Å². The van der Waals surface area contributed by atoms with Crippen molar-refractivity contribution in [3.63, 3.8) is 0 Å². The summed E-state index contributed by atoms with van der Waals surface area (Å²) in [5.74, 6) is -0.147. The molecule has 0 aliphatic heterocycles. The topological polar surface area (TPSA) is 75.4 Å². The molecule has 0 aliphatic rings. The Balaban J connectivity index is 0.00000529. The van der Waals surface area contributed by atoms with Gasteiger partial charge in [-0.25, -0.2) is 0 Å². The number of anilines is 1. The molecule has 0 radical (unpaired) electrons. The zero-order valence-electron chi connectivity index (χ0n) is 15.4. The van der Waals surface area contributed by atoms with Crippen molar-refractivity contribution in [1.82, 2.24) is 4.90 Å². The van der Waals surface area contributed by atoms with Crippen molar-refractivity contribution in [3.8, 4) is 0 Å². The van der Waals surface area contributed by atoms with Crippen LogP contribution >= 0.6 is 12.4 Å². The van der Waals surface area contributed by atoms with Crippen LogP contribution in [-0.4, -0.2) is 28.8 Å². The van der Waals surface area contributed by atoms with Gasteiger partial charge in [-0.3, -0.25) is 9.59 Å². The van der Waals surface area contributed by atoms with Gasteiger partial charge in [-0.1, -0.05) is 32.9 Å². The molecule has 1 aromatic carbocycles. The lowest BCUT2D eigenvalue weighted by Gasteiger charge is -2.26. The van der Waals surface area contributed by atoms with E-state index >= 15 is 0 Å². The van der Waals surface area contributed by atoms with Gasteiger partial charge in [0, 0.05) is 25.2 Å². The van der Waals surface area contributed by atoms with E-state index in [9.17, 15) is 9.59 Å².